The van der Waals surface area contributed by atoms with E-state index in [1.807, 2.05) is 84.9 Å². The first-order chi connectivity index (χ1) is 18.4. The molecule has 4 nitrogen and oxygen atoms in total. The maximum absolute atomic E-state index is 7.10. The molecule has 0 aliphatic heterocycles. The van der Waals surface area contributed by atoms with Crippen molar-refractivity contribution in [2.75, 3.05) is 41.3 Å². The van der Waals surface area contributed by atoms with Gasteiger partial charge < -0.3 is 31.5 Å². The molecule has 0 aliphatic carbocycles. The van der Waals surface area contributed by atoms with Crippen LogP contribution in [0.25, 0.3) is 43.9 Å². The Labute approximate surface area is 267 Å². The van der Waals surface area contributed by atoms with Crippen molar-refractivity contribution in [1.29, 1.82) is 0 Å². The Balaban J connectivity index is 0.000000216. The Hall–Kier alpha value is -3.00. The average Bonchev–Trinajstić information content (AvgIpc) is 3.49. The first-order valence-electron chi connectivity index (χ1n) is 12.4. The fourth-order valence-corrected chi connectivity index (χ4v) is 4.01. The number of likely N-dealkylation sites (N-methyl/N-ethyl adjacent to an activating group) is 2. The van der Waals surface area contributed by atoms with Crippen LogP contribution in [0.4, 0.5) is 0 Å². The number of para-hydroxylation sites is 2. The maximum Gasteiger partial charge on any atom is 0.135 e. The van der Waals surface area contributed by atoms with Gasteiger partial charge in [0, 0.05) is 79.4 Å². The maximum atomic E-state index is 7.10. The molecule has 0 bridgehead atoms. The Bertz CT molecular complexity index is 1750. The molecule has 2 heterocycles. The molecular formula is C34H30Au2N2O2-2. The predicted molar refractivity (Wildman–Crippen MR) is 157 cm³/mol. The Morgan fingerprint density at radius 3 is 1.50 bits per heavy atom. The topological polar surface area (TPSA) is 32.8 Å². The number of furan rings is 2. The second-order valence-corrected chi connectivity index (χ2v) is 9.47. The van der Waals surface area contributed by atoms with Crippen molar-refractivity contribution in [3.63, 3.8) is 0 Å². The summed E-state index contributed by atoms with van der Waals surface area (Å²) in [5, 5.41) is 4.33. The number of benzene rings is 4. The largest absolute Gasteiger partial charge is 0.458 e. The smallest absolute Gasteiger partial charge is 0.135 e. The molecule has 6 rings (SSSR count). The third kappa shape index (κ3) is 8.26. The van der Waals surface area contributed by atoms with E-state index < -0.39 is 0 Å². The Morgan fingerprint density at radius 2 is 0.950 bits per heavy atom. The van der Waals surface area contributed by atoms with Gasteiger partial charge in [-0.2, -0.15) is 0 Å². The van der Waals surface area contributed by atoms with Gasteiger partial charge in [0.2, 0.25) is 0 Å². The van der Waals surface area contributed by atoms with Crippen LogP contribution in [0.2, 0.25) is 0 Å². The van der Waals surface area contributed by atoms with E-state index in [2.05, 4.69) is 49.8 Å². The Kier molecular flexibility index (Phi) is 13.0. The average molecular weight is 893 g/mol. The molecule has 0 fully saturated rings. The van der Waals surface area contributed by atoms with Crippen LogP contribution in [-0.2, 0) is 44.8 Å². The molecule has 2 aromatic heterocycles. The van der Waals surface area contributed by atoms with Gasteiger partial charge in [0.05, 0.1) is 0 Å². The zero-order valence-electron chi connectivity index (χ0n) is 22.8. The van der Waals surface area contributed by atoms with Crippen molar-refractivity contribution < 1.29 is 53.6 Å². The molecule has 0 N–H and O–H groups in total. The van der Waals surface area contributed by atoms with Crippen LogP contribution in [0.5, 0.6) is 0 Å². The summed E-state index contributed by atoms with van der Waals surface area (Å²) in [7, 11) is 8.35. The molecule has 212 valence electrons. The van der Waals surface area contributed by atoms with Crippen LogP contribution in [-0.4, -0.2) is 51.1 Å². The van der Waals surface area contributed by atoms with Crippen LogP contribution in [0.1, 0.15) is 11.1 Å². The first kappa shape index (κ1) is 33.2. The summed E-state index contributed by atoms with van der Waals surface area (Å²) in [5.41, 5.74) is 4.95. The van der Waals surface area contributed by atoms with Gasteiger partial charge in [-0.1, -0.05) is 48.5 Å². The van der Waals surface area contributed by atoms with Gasteiger partial charge >= 0.3 is 0 Å². The second-order valence-electron chi connectivity index (χ2n) is 9.47. The van der Waals surface area contributed by atoms with Crippen LogP contribution < -0.4 is 0 Å². The van der Waals surface area contributed by atoms with Crippen LogP contribution >= 0.6 is 0 Å². The minimum absolute atomic E-state index is 0. The van der Waals surface area contributed by atoms with Crippen LogP contribution in [0, 0.1) is 24.7 Å². The van der Waals surface area contributed by atoms with Crippen molar-refractivity contribution in [2.45, 2.75) is 0 Å². The summed E-state index contributed by atoms with van der Waals surface area (Å²) >= 11 is 0. The number of fused-ring (bicyclic) bond motifs is 6. The number of hydrogen-bond donors (Lipinski definition) is 0. The second kappa shape index (κ2) is 15.7. The third-order valence-electron chi connectivity index (χ3n) is 6.04. The normalized spacial score (nSPS) is 10.2. The van der Waals surface area contributed by atoms with Crippen LogP contribution in [0.15, 0.2) is 93.8 Å². The SMILES string of the molecule is CN(C)CCN(C)C.[Au].[Au].[C-]#Cc1ccc2c(c1)oc1ccccc12.[C-]#Cc1ccc2oc3ccccc3c2c1. The van der Waals surface area contributed by atoms with Crippen LogP contribution in [0.3, 0.4) is 0 Å². The van der Waals surface area contributed by atoms with E-state index in [4.69, 9.17) is 21.7 Å². The third-order valence-corrected chi connectivity index (χ3v) is 6.04. The molecule has 6 heteroatoms. The van der Waals surface area contributed by atoms with E-state index in [9.17, 15) is 0 Å². The molecule has 6 aromatic rings. The van der Waals surface area contributed by atoms with Gasteiger partial charge in [-0.3, -0.25) is 11.8 Å². The van der Waals surface area contributed by atoms with Crippen molar-refractivity contribution >= 4 is 43.9 Å². The van der Waals surface area contributed by atoms with Gasteiger partial charge in [0.15, 0.2) is 0 Å². The first-order valence-corrected chi connectivity index (χ1v) is 12.4. The zero-order chi connectivity index (χ0) is 27.1. The predicted octanol–water partition coefficient (Wildman–Crippen LogP) is 7.15. The van der Waals surface area contributed by atoms with Crippen molar-refractivity contribution in [2.24, 2.45) is 0 Å². The standard InChI is InChI=1S/2C14H7O.C6H16N2.2Au/c1-2-10-7-8-14-12(9-10)11-5-3-4-6-13(11)15-14;1-2-10-7-8-12-11-5-3-4-6-13(11)15-14(12)9-10;1-7(2)5-6-8(3)4;;/h2*3-9H;5-6H2,1-4H3;;/q2*-1;;;. The molecular weight excluding hydrogens is 862 g/mol. The molecule has 0 aliphatic rings. The monoisotopic (exact) mass is 892 g/mol. The quantitative estimate of drug-likeness (QED) is 0.108. The van der Waals surface area contributed by atoms with E-state index >= 15 is 0 Å². The molecule has 40 heavy (non-hydrogen) atoms. The fraction of sp³-hybridized carbons (Fsp3) is 0.176. The molecule has 0 spiro atoms. The summed E-state index contributed by atoms with van der Waals surface area (Å²) in [5.74, 6) is 4.74. The summed E-state index contributed by atoms with van der Waals surface area (Å²) in [6.45, 7) is 2.29. The molecule has 0 amide bonds. The van der Waals surface area contributed by atoms with Crippen molar-refractivity contribution in [3.05, 3.63) is 109 Å². The van der Waals surface area contributed by atoms with Gasteiger partial charge in [-0.05, 0) is 46.4 Å². The van der Waals surface area contributed by atoms with Crippen molar-refractivity contribution in [1.82, 2.24) is 9.80 Å². The number of nitrogens with zero attached hydrogens (tertiary/aromatic N) is 2. The van der Waals surface area contributed by atoms with E-state index in [0.29, 0.717) is 0 Å². The van der Waals surface area contributed by atoms with Gasteiger partial charge in [-0.15, -0.1) is 29.3 Å². The molecule has 0 atom stereocenters. The van der Waals surface area contributed by atoms with Gasteiger partial charge in [0.25, 0.3) is 0 Å². The number of rotatable bonds is 3. The van der Waals surface area contributed by atoms with E-state index in [1.165, 1.54) is 0 Å². The van der Waals surface area contributed by atoms with Gasteiger partial charge in [-0.25, -0.2) is 0 Å². The summed E-state index contributed by atoms with van der Waals surface area (Å²) in [4.78, 5) is 4.36. The van der Waals surface area contributed by atoms with E-state index in [1.54, 1.807) is 0 Å². The Morgan fingerprint density at radius 1 is 0.525 bits per heavy atom. The minimum atomic E-state index is 0. The molecule has 2 radical (unpaired) electrons. The van der Waals surface area contributed by atoms with Crippen molar-refractivity contribution in [3.8, 4) is 11.8 Å². The van der Waals surface area contributed by atoms with E-state index in [0.717, 1.165) is 68.1 Å². The summed E-state index contributed by atoms with van der Waals surface area (Å²) in [6, 6.07) is 27.2. The summed E-state index contributed by atoms with van der Waals surface area (Å²) < 4.78 is 11.3. The molecule has 4 aromatic carbocycles. The minimum Gasteiger partial charge on any atom is -0.458 e. The summed E-state index contributed by atoms with van der Waals surface area (Å²) in [6.07, 6.45) is 14.2. The number of hydrogen-bond acceptors (Lipinski definition) is 4. The van der Waals surface area contributed by atoms with Gasteiger partial charge in [0.1, 0.15) is 22.3 Å². The van der Waals surface area contributed by atoms with E-state index in [-0.39, 0.29) is 44.8 Å². The zero-order valence-corrected chi connectivity index (χ0v) is 27.1. The fourth-order valence-electron chi connectivity index (χ4n) is 4.01. The molecule has 0 saturated carbocycles. The molecule has 0 unspecified atom stereocenters. The molecule has 0 saturated heterocycles.